The number of aromatic nitrogens is 1. The van der Waals surface area contributed by atoms with E-state index < -0.39 is 5.60 Å². The van der Waals surface area contributed by atoms with Crippen molar-refractivity contribution in [2.45, 2.75) is 12.1 Å². The number of β-amino-alcohol motifs (C(OH)–C–C–N with tert-alkyl or cyclic N) is 1. The summed E-state index contributed by atoms with van der Waals surface area (Å²) in [6, 6.07) is 10.2. The summed E-state index contributed by atoms with van der Waals surface area (Å²) in [5.41, 5.74) is 1.33. The molecule has 23 heavy (non-hydrogen) atoms. The van der Waals surface area contributed by atoms with E-state index in [1.807, 2.05) is 25.2 Å². The van der Waals surface area contributed by atoms with Gasteiger partial charge in [0.15, 0.2) is 0 Å². The molecule has 3 rings (SSSR count). The summed E-state index contributed by atoms with van der Waals surface area (Å²) in [4.78, 5) is 6.80. The van der Waals surface area contributed by atoms with Gasteiger partial charge in [-0.25, -0.2) is 4.98 Å². The Morgan fingerprint density at radius 1 is 1.39 bits per heavy atom. The van der Waals surface area contributed by atoms with Crippen LogP contribution in [0.3, 0.4) is 0 Å². The third kappa shape index (κ3) is 4.59. The zero-order chi connectivity index (χ0) is 16.1. The van der Waals surface area contributed by atoms with Gasteiger partial charge in [-0.3, -0.25) is 4.90 Å². The Morgan fingerprint density at radius 2 is 2.22 bits per heavy atom. The smallest absolute Gasteiger partial charge is 0.123 e. The minimum atomic E-state index is -0.844. The Bertz CT molecular complexity index is 609. The summed E-state index contributed by atoms with van der Waals surface area (Å²) in [6.45, 7) is 3.64. The molecule has 1 saturated heterocycles. The molecular weight excluding hydrogens is 310 g/mol. The molecule has 1 aromatic carbocycles. The Hall–Kier alpha value is -1.31. The Morgan fingerprint density at radius 3 is 3.04 bits per heavy atom. The van der Waals surface area contributed by atoms with Crippen LogP contribution in [0.2, 0.25) is 0 Å². The molecule has 2 N–H and O–H groups in total. The van der Waals surface area contributed by atoms with E-state index in [1.54, 1.807) is 11.3 Å². The van der Waals surface area contributed by atoms with Gasteiger partial charge in [0.1, 0.15) is 10.6 Å². The van der Waals surface area contributed by atoms with E-state index >= 15 is 0 Å². The van der Waals surface area contributed by atoms with Crippen LogP contribution in [0.4, 0.5) is 0 Å². The van der Waals surface area contributed by atoms with Crippen molar-refractivity contribution in [1.82, 2.24) is 15.2 Å². The van der Waals surface area contributed by atoms with E-state index in [4.69, 9.17) is 9.72 Å². The molecule has 1 atom stereocenters. The van der Waals surface area contributed by atoms with Crippen LogP contribution in [-0.2, 0) is 11.3 Å². The Labute approximate surface area is 140 Å². The largest absolute Gasteiger partial charge is 0.385 e. The van der Waals surface area contributed by atoms with E-state index in [2.05, 4.69) is 27.7 Å². The maximum atomic E-state index is 10.6. The maximum Gasteiger partial charge on any atom is 0.123 e. The van der Waals surface area contributed by atoms with Crippen LogP contribution in [0, 0.1) is 0 Å². The van der Waals surface area contributed by atoms with Crippen molar-refractivity contribution in [1.29, 1.82) is 0 Å². The number of hydrogen-bond acceptors (Lipinski definition) is 6. The molecule has 1 aromatic heterocycles. The maximum absolute atomic E-state index is 10.6. The molecule has 0 spiro atoms. The number of aliphatic hydroxyl groups is 1. The van der Waals surface area contributed by atoms with Gasteiger partial charge in [-0.15, -0.1) is 11.3 Å². The molecular formula is C17H23N3O2S. The highest BCUT2D eigenvalue weighted by atomic mass is 32.1. The summed E-state index contributed by atoms with van der Waals surface area (Å²) < 4.78 is 5.47. The van der Waals surface area contributed by atoms with Crippen molar-refractivity contribution in [2.75, 3.05) is 39.9 Å². The van der Waals surface area contributed by atoms with Gasteiger partial charge < -0.3 is 15.2 Å². The monoisotopic (exact) mass is 333 g/mol. The standard InChI is InChI=1S/C17H23N3O2S/c1-20(12-17(21)11-18-7-8-22-13-17)9-15-10-23-16(19-15)14-5-3-2-4-6-14/h2-6,10,18,21H,7-9,11-13H2,1H3/t17-/m0/s1. The SMILES string of the molecule is CN(Cc1csc(-c2ccccc2)n1)C[C@@]1(O)CNCCOC1. The number of benzene rings is 1. The molecule has 0 amide bonds. The van der Waals surface area contributed by atoms with Crippen molar-refractivity contribution in [2.24, 2.45) is 0 Å². The Kier molecular flexibility index (Phi) is 5.40. The minimum Gasteiger partial charge on any atom is -0.385 e. The number of rotatable bonds is 5. The first-order valence-electron chi connectivity index (χ1n) is 7.84. The van der Waals surface area contributed by atoms with Gasteiger partial charge in [-0.1, -0.05) is 30.3 Å². The van der Waals surface area contributed by atoms with Crippen molar-refractivity contribution < 1.29 is 9.84 Å². The van der Waals surface area contributed by atoms with Crippen molar-refractivity contribution >= 4 is 11.3 Å². The van der Waals surface area contributed by atoms with Crippen LogP contribution in [0.15, 0.2) is 35.7 Å². The highest BCUT2D eigenvalue weighted by Crippen LogP contribution is 2.24. The number of thiazole rings is 1. The molecule has 0 aliphatic carbocycles. The predicted molar refractivity (Wildman–Crippen MR) is 92.5 cm³/mol. The minimum absolute atomic E-state index is 0.372. The lowest BCUT2D eigenvalue weighted by Gasteiger charge is -2.30. The van der Waals surface area contributed by atoms with E-state index in [9.17, 15) is 5.11 Å². The van der Waals surface area contributed by atoms with Crippen LogP contribution in [0.1, 0.15) is 5.69 Å². The number of hydrogen-bond donors (Lipinski definition) is 2. The molecule has 2 aromatic rings. The van der Waals surface area contributed by atoms with E-state index in [0.29, 0.717) is 32.8 Å². The van der Waals surface area contributed by atoms with Gasteiger partial charge >= 0.3 is 0 Å². The summed E-state index contributed by atoms with van der Waals surface area (Å²) in [5.74, 6) is 0. The van der Waals surface area contributed by atoms with Crippen LogP contribution in [-0.4, -0.2) is 60.5 Å². The van der Waals surface area contributed by atoms with Crippen LogP contribution < -0.4 is 5.32 Å². The molecule has 0 saturated carbocycles. The van der Waals surface area contributed by atoms with Gasteiger partial charge in [0.25, 0.3) is 0 Å². The molecule has 0 bridgehead atoms. The van der Waals surface area contributed by atoms with Crippen molar-refractivity contribution in [3.8, 4) is 10.6 Å². The predicted octanol–water partition coefficient (Wildman–Crippen LogP) is 1.59. The third-order valence-electron chi connectivity index (χ3n) is 3.82. The molecule has 124 valence electrons. The van der Waals surface area contributed by atoms with E-state index in [0.717, 1.165) is 22.8 Å². The summed E-state index contributed by atoms with van der Waals surface area (Å²) in [7, 11) is 2.00. The molecule has 1 fully saturated rings. The second-order valence-electron chi connectivity index (χ2n) is 6.14. The molecule has 0 radical (unpaired) electrons. The normalized spacial score (nSPS) is 22.2. The third-order valence-corrected chi connectivity index (χ3v) is 4.76. The van der Waals surface area contributed by atoms with Gasteiger partial charge in [0, 0.05) is 37.1 Å². The first-order valence-corrected chi connectivity index (χ1v) is 8.72. The van der Waals surface area contributed by atoms with Crippen molar-refractivity contribution in [3.05, 3.63) is 41.4 Å². The van der Waals surface area contributed by atoms with E-state index in [1.165, 1.54) is 0 Å². The van der Waals surface area contributed by atoms with E-state index in [-0.39, 0.29) is 0 Å². The highest BCUT2D eigenvalue weighted by Gasteiger charge is 2.30. The molecule has 5 nitrogen and oxygen atoms in total. The lowest BCUT2D eigenvalue weighted by molar-refractivity contribution is -0.0462. The summed E-state index contributed by atoms with van der Waals surface area (Å²) in [6.07, 6.45) is 0. The van der Waals surface area contributed by atoms with Gasteiger partial charge in [0.05, 0.1) is 18.9 Å². The number of nitrogens with zero attached hydrogens (tertiary/aromatic N) is 2. The van der Waals surface area contributed by atoms with Crippen molar-refractivity contribution in [3.63, 3.8) is 0 Å². The molecule has 1 aliphatic rings. The zero-order valence-electron chi connectivity index (χ0n) is 13.4. The lowest BCUT2D eigenvalue weighted by Crippen LogP contribution is -2.50. The summed E-state index contributed by atoms with van der Waals surface area (Å²) in [5, 5.41) is 17.0. The fraction of sp³-hybridized carbons (Fsp3) is 0.471. The first-order chi connectivity index (χ1) is 11.1. The molecule has 0 unspecified atom stereocenters. The van der Waals surface area contributed by atoms with Gasteiger partial charge in [0.2, 0.25) is 0 Å². The second-order valence-corrected chi connectivity index (χ2v) is 6.99. The average Bonchev–Trinajstić information content (AvgIpc) is 2.89. The number of likely N-dealkylation sites (N-methyl/N-ethyl adjacent to an activating group) is 1. The Balaban J connectivity index is 1.60. The zero-order valence-corrected chi connectivity index (χ0v) is 14.2. The van der Waals surface area contributed by atoms with Crippen LogP contribution >= 0.6 is 11.3 Å². The average molecular weight is 333 g/mol. The molecule has 6 heteroatoms. The number of ether oxygens (including phenoxy) is 1. The van der Waals surface area contributed by atoms with Crippen LogP contribution in [0.5, 0.6) is 0 Å². The first kappa shape index (κ1) is 16.5. The summed E-state index contributed by atoms with van der Waals surface area (Å²) >= 11 is 1.66. The van der Waals surface area contributed by atoms with Gasteiger partial charge in [-0.2, -0.15) is 0 Å². The fourth-order valence-electron chi connectivity index (χ4n) is 2.81. The fourth-order valence-corrected chi connectivity index (χ4v) is 3.62. The lowest BCUT2D eigenvalue weighted by atomic mass is 10.1. The number of nitrogens with one attached hydrogen (secondary N) is 1. The molecule has 2 heterocycles. The van der Waals surface area contributed by atoms with Crippen LogP contribution in [0.25, 0.3) is 10.6 Å². The topological polar surface area (TPSA) is 57.6 Å². The quantitative estimate of drug-likeness (QED) is 0.870. The molecule has 1 aliphatic heterocycles. The second kappa shape index (κ2) is 7.51. The highest BCUT2D eigenvalue weighted by molar-refractivity contribution is 7.13. The van der Waals surface area contributed by atoms with Gasteiger partial charge in [-0.05, 0) is 7.05 Å².